The Morgan fingerprint density at radius 3 is 2.47 bits per heavy atom. The Bertz CT molecular complexity index is 533. The second kappa shape index (κ2) is 5.89. The number of hydrogen-bond acceptors (Lipinski definition) is 3. The van der Waals surface area contributed by atoms with Gasteiger partial charge in [0.05, 0.1) is 12.0 Å². The SMILES string of the molecule is NC(=O)[C@H](CC(=O)O)NC(=O)c1cccc(F)c1F. The number of halogens is 2. The van der Waals surface area contributed by atoms with Gasteiger partial charge in [0.1, 0.15) is 6.04 Å². The van der Waals surface area contributed by atoms with Gasteiger partial charge in [-0.2, -0.15) is 0 Å². The van der Waals surface area contributed by atoms with Gasteiger partial charge in [-0.15, -0.1) is 0 Å². The van der Waals surface area contributed by atoms with Crippen molar-refractivity contribution in [2.24, 2.45) is 5.73 Å². The molecule has 19 heavy (non-hydrogen) atoms. The lowest BCUT2D eigenvalue weighted by Crippen LogP contribution is -2.45. The van der Waals surface area contributed by atoms with Crippen LogP contribution in [0.15, 0.2) is 18.2 Å². The molecule has 8 heteroatoms. The number of hydrogen-bond donors (Lipinski definition) is 3. The van der Waals surface area contributed by atoms with Crippen LogP contribution in [0.3, 0.4) is 0 Å². The van der Waals surface area contributed by atoms with E-state index in [2.05, 4.69) is 0 Å². The summed E-state index contributed by atoms with van der Waals surface area (Å²) in [5, 5.41) is 10.5. The van der Waals surface area contributed by atoms with Crippen LogP contribution >= 0.6 is 0 Å². The van der Waals surface area contributed by atoms with E-state index in [1.54, 1.807) is 0 Å². The molecule has 2 amide bonds. The molecule has 1 rings (SSSR count). The molecule has 0 aliphatic carbocycles. The van der Waals surface area contributed by atoms with E-state index < -0.39 is 47.4 Å². The van der Waals surface area contributed by atoms with E-state index in [-0.39, 0.29) is 0 Å². The van der Waals surface area contributed by atoms with Gasteiger partial charge in [-0.05, 0) is 12.1 Å². The fourth-order valence-corrected chi connectivity index (χ4v) is 1.31. The van der Waals surface area contributed by atoms with Crippen molar-refractivity contribution in [1.29, 1.82) is 0 Å². The first-order valence-corrected chi connectivity index (χ1v) is 5.09. The van der Waals surface area contributed by atoms with Crippen molar-refractivity contribution in [2.75, 3.05) is 0 Å². The van der Waals surface area contributed by atoms with E-state index in [0.717, 1.165) is 18.2 Å². The molecule has 0 radical (unpaired) electrons. The standard InChI is InChI=1S/C11H10F2N2O4/c12-6-3-1-2-5(9(6)13)11(19)15-7(10(14)18)4-8(16)17/h1-3,7H,4H2,(H2,14,18)(H,15,19)(H,16,17)/t7-/m0/s1. The smallest absolute Gasteiger partial charge is 0.305 e. The molecule has 0 aromatic heterocycles. The number of carboxylic acid groups (broad SMARTS) is 1. The molecule has 102 valence electrons. The summed E-state index contributed by atoms with van der Waals surface area (Å²) in [5.41, 5.74) is 4.25. The van der Waals surface area contributed by atoms with Crippen molar-refractivity contribution < 1.29 is 28.3 Å². The highest BCUT2D eigenvalue weighted by Crippen LogP contribution is 2.11. The normalized spacial score (nSPS) is 11.7. The number of rotatable bonds is 5. The highest BCUT2D eigenvalue weighted by Gasteiger charge is 2.24. The molecule has 0 fully saturated rings. The fourth-order valence-electron chi connectivity index (χ4n) is 1.31. The van der Waals surface area contributed by atoms with Crippen LogP contribution in [0.4, 0.5) is 8.78 Å². The summed E-state index contributed by atoms with van der Waals surface area (Å²) < 4.78 is 26.2. The van der Waals surface area contributed by atoms with Gasteiger partial charge in [0.25, 0.3) is 5.91 Å². The number of aliphatic carboxylic acids is 1. The molecule has 1 aromatic rings. The van der Waals surface area contributed by atoms with Crippen molar-refractivity contribution in [3.8, 4) is 0 Å². The highest BCUT2D eigenvalue weighted by atomic mass is 19.2. The lowest BCUT2D eigenvalue weighted by atomic mass is 10.1. The second-order valence-electron chi connectivity index (χ2n) is 3.63. The maximum Gasteiger partial charge on any atom is 0.305 e. The Balaban J connectivity index is 2.91. The van der Waals surface area contributed by atoms with Crippen LogP contribution < -0.4 is 11.1 Å². The van der Waals surface area contributed by atoms with Crippen LogP contribution in [0.25, 0.3) is 0 Å². The zero-order valence-electron chi connectivity index (χ0n) is 9.52. The zero-order valence-corrected chi connectivity index (χ0v) is 9.52. The van der Waals surface area contributed by atoms with Gasteiger partial charge < -0.3 is 16.2 Å². The molecule has 0 aliphatic heterocycles. The van der Waals surface area contributed by atoms with Gasteiger partial charge in [-0.1, -0.05) is 6.07 Å². The Morgan fingerprint density at radius 1 is 1.32 bits per heavy atom. The number of nitrogens with two attached hydrogens (primary N) is 1. The first-order chi connectivity index (χ1) is 8.82. The van der Waals surface area contributed by atoms with Crippen molar-refractivity contribution in [3.05, 3.63) is 35.4 Å². The first kappa shape index (κ1) is 14.6. The Labute approximate surface area is 106 Å². The lowest BCUT2D eigenvalue weighted by molar-refractivity contribution is -0.139. The summed E-state index contributed by atoms with van der Waals surface area (Å²) in [5.74, 6) is -6.21. The lowest BCUT2D eigenvalue weighted by Gasteiger charge is -2.13. The largest absolute Gasteiger partial charge is 0.481 e. The Kier molecular flexibility index (Phi) is 4.51. The molecule has 4 N–H and O–H groups in total. The quantitative estimate of drug-likeness (QED) is 0.702. The summed E-state index contributed by atoms with van der Waals surface area (Å²) in [4.78, 5) is 33.0. The monoisotopic (exact) mass is 272 g/mol. The van der Waals surface area contributed by atoms with Crippen LogP contribution in [0.2, 0.25) is 0 Å². The molecule has 6 nitrogen and oxygen atoms in total. The third-order valence-corrected chi connectivity index (χ3v) is 2.22. The molecule has 1 aromatic carbocycles. The van der Waals surface area contributed by atoms with E-state index in [1.165, 1.54) is 0 Å². The maximum atomic E-state index is 13.3. The molecule has 0 saturated carbocycles. The molecule has 0 unspecified atom stereocenters. The van der Waals surface area contributed by atoms with Gasteiger partial charge >= 0.3 is 5.97 Å². The second-order valence-corrected chi connectivity index (χ2v) is 3.63. The number of carbonyl (C=O) groups excluding carboxylic acids is 2. The average molecular weight is 272 g/mol. The van der Waals surface area contributed by atoms with E-state index in [0.29, 0.717) is 0 Å². The third kappa shape index (κ3) is 3.73. The first-order valence-electron chi connectivity index (χ1n) is 5.09. The summed E-state index contributed by atoms with van der Waals surface area (Å²) in [6, 6.07) is 1.40. The summed E-state index contributed by atoms with van der Waals surface area (Å²) in [6.45, 7) is 0. The number of nitrogens with one attached hydrogen (secondary N) is 1. The van der Waals surface area contributed by atoms with Crippen molar-refractivity contribution in [2.45, 2.75) is 12.5 Å². The molecule has 0 bridgehead atoms. The number of carboxylic acids is 1. The Morgan fingerprint density at radius 2 is 1.95 bits per heavy atom. The van der Waals surface area contributed by atoms with Gasteiger partial charge in [-0.25, -0.2) is 8.78 Å². The predicted octanol–water partition coefficient (Wildman–Crippen LogP) is 0.0232. The van der Waals surface area contributed by atoms with Crippen LogP contribution in [-0.4, -0.2) is 28.9 Å². The number of amides is 2. The number of carbonyl (C=O) groups is 3. The van der Waals surface area contributed by atoms with E-state index >= 15 is 0 Å². The van der Waals surface area contributed by atoms with Gasteiger partial charge in [0.15, 0.2) is 11.6 Å². The summed E-state index contributed by atoms with van der Waals surface area (Å²) in [7, 11) is 0. The van der Waals surface area contributed by atoms with Crippen LogP contribution in [-0.2, 0) is 9.59 Å². The van der Waals surface area contributed by atoms with E-state index in [9.17, 15) is 23.2 Å². The molecular formula is C11H10F2N2O4. The maximum absolute atomic E-state index is 13.3. The fraction of sp³-hybridized carbons (Fsp3) is 0.182. The molecule has 1 atom stereocenters. The molecule has 0 heterocycles. The molecular weight excluding hydrogens is 262 g/mol. The third-order valence-electron chi connectivity index (χ3n) is 2.22. The van der Waals surface area contributed by atoms with Gasteiger partial charge in [0, 0.05) is 0 Å². The minimum Gasteiger partial charge on any atom is -0.481 e. The minimum absolute atomic E-state index is 0.642. The van der Waals surface area contributed by atoms with Crippen LogP contribution in [0.1, 0.15) is 16.8 Å². The van der Waals surface area contributed by atoms with Crippen LogP contribution in [0, 0.1) is 11.6 Å². The number of primary amides is 1. The predicted molar refractivity (Wildman–Crippen MR) is 59.1 cm³/mol. The molecule has 0 aliphatic rings. The average Bonchev–Trinajstić information content (AvgIpc) is 2.31. The summed E-state index contributed by atoms with van der Waals surface area (Å²) in [6.07, 6.45) is -0.752. The topological polar surface area (TPSA) is 109 Å². The van der Waals surface area contributed by atoms with Gasteiger partial charge in [-0.3, -0.25) is 14.4 Å². The van der Waals surface area contributed by atoms with Crippen molar-refractivity contribution in [3.63, 3.8) is 0 Å². The zero-order chi connectivity index (χ0) is 14.6. The Hall–Kier alpha value is -2.51. The highest BCUT2D eigenvalue weighted by molar-refractivity contribution is 5.98. The van der Waals surface area contributed by atoms with Crippen molar-refractivity contribution >= 4 is 17.8 Å². The minimum atomic E-state index is -1.51. The van der Waals surface area contributed by atoms with Crippen molar-refractivity contribution in [1.82, 2.24) is 5.32 Å². The number of benzene rings is 1. The van der Waals surface area contributed by atoms with Gasteiger partial charge in [0.2, 0.25) is 5.91 Å². The summed E-state index contributed by atoms with van der Waals surface area (Å²) >= 11 is 0. The van der Waals surface area contributed by atoms with Crippen LogP contribution in [0.5, 0.6) is 0 Å². The molecule has 0 spiro atoms. The van der Waals surface area contributed by atoms with E-state index in [4.69, 9.17) is 10.8 Å². The molecule has 0 saturated heterocycles. The van der Waals surface area contributed by atoms with E-state index in [1.807, 2.05) is 5.32 Å².